The van der Waals surface area contributed by atoms with Gasteiger partial charge in [-0.1, -0.05) is 13.0 Å². The molecule has 4 aromatic rings. The predicted molar refractivity (Wildman–Crippen MR) is 125 cm³/mol. The highest BCUT2D eigenvalue weighted by Crippen LogP contribution is 2.24. The molecule has 0 saturated heterocycles. The Morgan fingerprint density at radius 1 is 1.06 bits per heavy atom. The summed E-state index contributed by atoms with van der Waals surface area (Å²) in [6.45, 7) is 1.71. The number of nitrogens with zero attached hydrogens (tertiary/aromatic N) is 2. The molecular weight excluding hydrogens is 446 g/mol. The highest BCUT2D eigenvalue weighted by molar-refractivity contribution is 7.92. The fraction of sp³-hybridized carbons (Fsp3) is 0.250. The molecule has 0 spiro atoms. The Balaban J connectivity index is 1.44. The number of aryl methyl sites for hydroxylation is 1. The smallest absolute Gasteiger partial charge is 0.232 e. The number of hydrogen-bond acceptors (Lipinski definition) is 4. The highest BCUT2D eigenvalue weighted by Gasteiger charge is 2.18. The van der Waals surface area contributed by atoms with Crippen LogP contribution in [-0.4, -0.2) is 29.1 Å². The van der Waals surface area contributed by atoms with Crippen LogP contribution < -0.4 is 4.72 Å². The van der Waals surface area contributed by atoms with Gasteiger partial charge in [0.1, 0.15) is 11.5 Å². The Labute approximate surface area is 191 Å². The lowest BCUT2D eigenvalue weighted by atomic mass is 10.0. The zero-order valence-electron chi connectivity index (χ0n) is 18.1. The molecular formula is C24H24F2N4O2S. The van der Waals surface area contributed by atoms with Gasteiger partial charge in [-0.3, -0.25) is 9.71 Å². The SMILES string of the molecule is CCCS(=O)(=O)Nc1ccc(F)c(CCc2ccc(Cc3c[nH]c4ncccc34)cn2)c1F. The van der Waals surface area contributed by atoms with Crippen molar-refractivity contribution in [3.8, 4) is 0 Å². The van der Waals surface area contributed by atoms with Crippen molar-refractivity contribution in [3.63, 3.8) is 0 Å². The average Bonchev–Trinajstić information content (AvgIpc) is 3.19. The van der Waals surface area contributed by atoms with Crippen LogP contribution in [0.3, 0.4) is 0 Å². The molecule has 1 aromatic carbocycles. The second kappa shape index (κ2) is 9.66. The molecule has 3 heterocycles. The second-order valence-electron chi connectivity index (χ2n) is 7.86. The number of rotatable bonds is 9. The molecule has 0 amide bonds. The summed E-state index contributed by atoms with van der Waals surface area (Å²) in [6.07, 6.45) is 6.87. The van der Waals surface area contributed by atoms with E-state index >= 15 is 0 Å². The number of hydrogen-bond donors (Lipinski definition) is 2. The largest absolute Gasteiger partial charge is 0.346 e. The third kappa shape index (κ3) is 5.36. The standard InChI is InChI=1S/C24H24F2N4O2S/c1-2-12-33(31,32)30-22-10-9-21(25)20(23(22)26)8-7-18-6-5-16(14-28-18)13-17-15-29-24-19(17)4-3-11-27-24/h3-6,9-11,14-15,30H,2,7-8,12-13H2,1H3,(H,27,29). The third-order valence-corrected chi connectivity index (χ3v) is 6.85. The number of anilines is 1. The summed E-state index contributed by atoms with van der Waals surface area (Å²) in [5.74, 6) is -1.74. The first kappa shape index (κ1) is 22.8. The monoisotopic (exact) mass is 470 g/mol. The van der Waals surface area contributed by atoms with Gasteiger partial charge in [-0.05, 0) is 60.7 Å². The minimum atomic E-state index is -3.68. The van der Waals surface area contributed by atoms with E-state index in [0.29, 0.717) is 25.0 Å². The number of nitrogens with one attached hydrogen (secondary N) is 2. The molecule has 0 aliphatic carbocycles. The van der Waals surface area contributed by atoms with Crippen LogP contribution in [0.2, 0.25) is 0 Å². The number of benzene rings is 1. The number of pyridine rings is 2. The van der Waals surface area contributed by atoms with Crippen LogP contribution in [-0.2, 0) is 29.3 Å². The summed E-state index contributed by atoms with van der Waals surface area (Å²) in [5.41, 5.74) is 3.24. The van der Waals surface area contributed by atoms with Crippen molar-refractivity contribution in [3.05, 3.63) is 89.0 Å². The second-order valence-corrected chi connectivity index (χ2v) is 9.70. The fourth-order valence-corrected chi connectivity index (χ4v) is 4.86. The van der Waals surface area contributed by atoms with Gasteiger partial charge < -0.3 is 4.98 Å². The van der Waals surface area contributed by atoms with Gasteiger partial charge in [0.15, 0.2) is 5.82 Å². The predicted octanol–water partition coefficient (Wildman–Crippen LogP) is 4.76. The highest BCUT2D eigenvalue weighted by atomic mass is 32.2. The summed E-state index contributed by atoms with van der Waals surface area (Å²) in [5, 5.41) is 1.06. The number of sulfonamides is 1. The van der Waals surface area contributed by atoms with Crippen LogP contribution >= 0.6 is 0 Å². The maximum absolute atomic E-state index is 14.8. The van der Waals surface area contributed by atoms with Crippen LogP contribution in [0, 0.1) is 11.6 Å². The molecule has 2 N–H and O–H groups in total. The molecule has 6 nitrogen and oxygen atoms in total. The van der Waals surface area contributed by atoms with Crippen LogP contribution in [0.4, 0.5) is 14.5 Å². The summed E-state index contributed by atoms with van der Waals surface area (Å²) in [7, 11) is -3.68. The molecule has 9 heteroatoms. The number of aromatic nitrogens is 3. The van der Waals surface area contributed by atoms with Crippen molar-refractivity contribution in [1.82, 2.24) is 15.0 Å². The summed E-state index contributed by atoms with van der Waals surface area (Å²) < 4.78 is 55.2. The van der Waals surface area contributed by atoms with E-state index in [1.54, 1.807) is 19.3 Å². The van der Waals surface area contributed by atoms with E-state index in [1.807, 2.05) is 30.5 Å². The third-order valence-electron chi connectivity index (χ3n) is 5.37. The number of aromatic amines is 1. The topological polar surface area (TPSA) is 87.7 Å². The van der Waals surface area contributed by atoms with Crippen molar-refractivity contribution in [2.24, 2.45) is 0 Å². The Morgan fingerprint density at radius 2 is 1.91 bits per heavy atom. The molecule has 172 valence electrons. The Hall–Kier alpha value is -3.33. The molecule has 0 bridgehead atoms. The van der Waals surface area contributed by atoms with E-state index < -0.39 is 21.7 Å². The van der Waals surface area contributed by atoms with Crippen LogP contribution in [0.5, 0.6) is 0 Å². The average molecular weight is 471 g/mol. The van der Waals surface area contributed by atoms with Gasteiger partial charge in [-0.25, -0.2) is 22.2 Å². The van der Waals surface area contributed by atoms with Crippen molar-refractivity contribution < 1.29 is 17.2 Å². The lowest BCUT2D eigenvalue weighted by molar-refractivity contribution is 0.555. The van der Waals surface area contributed by atoms with Gasteiger partial charge >= 0.3 is 0 Å². The molecule has 0 unspecified atom stereocenters. The summed E-state index contributed by atoms with van der Waals surface area (Å²) >= 11 is 0. The van der Waals surface area contributed by atoms with E-state index in [2.05, 4.69) is 19.7 Å². The zero-order valence-corrected chi connectivity index (χ0v) is 18.9. The van der Waals surface area contributed by atoms with Gasteiger partial charge in [0.2, 0.25) is 10.0 Å². The zero-order chi connectivity index (χ0) is 23.4. The molecule has 33 heavy (non-hydrogen) atoms. The Bertz CT molecular complexity index is 1370. The molecule has 4 rings (SSSR count). The van der Waals surface area contributed by atoms with Gasteiger partial charge in [-0.15, -0.1) is 0 Å². The first-order valence-corrected chi connectivity index (χ1v) is 12.3. The molecule has 0 atom stereocenters. The molecule has 0 aliphatic rings. The minimum absolute atomic E-state index is 0.0570. The lowest BCUT2D eigenvalue weighted by Gasteiger charge is -2.12. The fourth-order valence-electron chi connectivity index (χ4n) is 3.73. The number of H-pyrrole nitrogens is 1. The Kier molecular flexibility index (Phi) is 6.69. The number of fused-ring (bicyclic) bond motifs is 1. The first-order valence-electron chi connectivity index (χ1n) is 10.7. The van der Waals surface area contributed by atoms with Crippen molar-refractivity contribution >= 4 is 26.7 Å². The van der Waals surface area contributed by atoms with Gasteiger partial charge in [0, 0.05) is 41.7 Å². The van der Waals surface area contributed by atoms with Crippen molar-refractivity contribution in [1.29, 1.82) is 0 Å². The number of halogens is 2. The van der Waals surface area contributed by atoms with Crippen molar-refractivity contribution in [2.75, 3.05) is 10.5 Å². The van der Waals surface area contributed by atoms with Gasteiger partial charge in [0.05, 0.1) is 11.4 Å². The van der Waals surface area contributed by atoms with E-state index in [1.165, 1.54) is 0 Å². The van der Waals surface area contributed by atoms with Gasteiger partial charge in [-0.2, -0.15) is 0 Å². The van der Waals surface area contributed by atoms with Gasteiger partial charge in [0.25, 0.3) is 0 Å². The first-order chi connectivity index (χ1) is 15.9. The lowest BCUT2D eigenvalue weighted by Crippen LogP contribution is -2.17. The quantitative estimate of drug-likeness (QED) is 0.369. The van der Waals surface area contributed by atoms with Crippen molar-refractivity contribution in [2.45, 2.75) is 32.6 Å². The molecule has 3 aromatic heterocycles. The van der Waals surface area contributed by atoms with Crippen LogP contribution in [0.1, 0.15) is 35.7 Å². The summed E-state index contributed by atoms with van der Waals surface area (Å²) in [6, 6.07) is 9.87. The van der Waals surface area contributed by atoms with E-state index in [0.717, 1.165) is 34.3 Å². The molecule has 0 saturated carbocycles. The van der Waals surface area contributed by atoms with Crippen LogP contribution in [0.15, 0.2) is 55.0 Å². The molecule has 0 fully saturated rings. The van der Waals surface area contributed by atoms with E-state index in [-0.39, 0.29) is 23.4 Å². The molecule has 0 radical (unpaired) electrons. The van der Waals surface area contributed by atoms with E-state index in [9.17, 15) is 17.2 Å². The molecule has 0 aliphatic heterocycles. The van der Waals surface area contributed by atoms with E-state index in [4.69, 9.17) is 0 Å². The van der Waals surface area contributed by atoms with Crippen LogP contribution in [0.25, 0.3) is 11.0 Å². The normalized spacial score (nSPS) is 11.7. The summed E-state index contributed by atoms with van der Waals surface area (Å²) in [4.78, 5) is 11.9. The Morgan fingerprint density at radius 3 is 2.67 bits per heavy atom. The minimum Gasteiger partial charge on any atom is -0.346 e. The maximum Gasteiger partial charge on any atom is 0.232 e. The maximum atomic E-state index is 14.8.